The van der Waals surface area contributed by atoms with Gasteiger partial charge in [0.2, 0.25) is 5.91 Å². The van der Waals surface area contributed by atoms with Gasteiger partial charge in [-0.05, 0) is 19.3 Å². The molecule has 0 aromatic carbocycles. The number of nitrogens with two attached hydrogens (primary N) is 1. The predicted molar refractivity (Wildman–Crippen MR) is 70.3 cm³/mol. The Kier molecular flexibility index (Phi) is 5.31. The van der Waals surface area contributed by atoms with E-state index < -0.39 is 17.4 Å². The molecule has 0 aromatic heterocycles. The molecule has 0 spiro atoms. The summed E-state index contributed by atoms with van der Waals surface area (Å²) in [5.74, 6) is -0.419. The van der Waals surface area contributed by atoms with Gasteiger partial charge in [0.25, 0.3) is 0 Å². The second-order valence-electron chi connectivity index (χ2n) is 5.72. The average Bonchev–Trinajstić information content (AvgIpc) is 2.68. The van der Waals surface area contributed by atoms with E-state index >= 15 is 0 Å². The van der Waals surface area contributed by atoms with Gasteiger partial charge in [-0.15, -0.1) is 0 Å². The number of hydrogen-bond donors (Lipinski definition) is 2. The van der Waals surface area contributed by atoms with Crippen molar-refractivity contribution in [1.29, 1.82) is 0 Å². The van der Waals surface area contributed by atoms with Crippen molar-refractivity contribution in [1.82, 2.24) is 5.32 Å². The molecule has 0 aliphatic carbocycles. The number of methoxy groups -OCH3 is 1. The summed E-state index contributed by atoms with van der Waals surface area (Å²) in [4.78, 5) is 24.0. The Bertz CT molecular complexity index is 346. The van der Waals surface area contributed by atoms with E-state index in [1.807, 2.05) is 13.8 Å². The number of ether oxygens (including phenoxy) is 2. The Hall–Kier alpha value is -1.14. The maximum Gasteiger partial charge on any atom is 0.328 e. The lowest BCUT2D eigenvalue weighted by atomic mass is 9.84. The summed E-state index contributed by atoms with van der Waals surface area (Å²) in [6.07, 6.45) is 0.532. The summed E-state index contributed by atoms with van der Waals surface area (Å²) in [6, 6.07) is -0.994. The highest BCUT2D eigenvalue weighted by Crippen LogP contribution is 2.27. The molecule has 1 saturated heterocycles. The molecule has 1 heterocycles. The van der Waals surface area contributed by atoms with E-state index in [9.17, 15) is 9.59 Å². The molecular weight excluding hydrogens is 248 g/mol. The van der Waals surface area contributed by atoms with Crippen molar-refractivity contribution in [3.63, 3.8) is 0 Å². The van der Waals surface area contributed by atoms with Crippen molar-refractivity contribution in [2.75, 3.05) is 20.3 Å². The third-order valence-electron chi connectivity index (χ3n) is 3.53. The fourth-order valence-corrected chi connectivity index (χ4v) is 2.07. The van der Waals surface area contributed by atoms with Crippen LogP contribution in [0.1, 0.15) is 27.2 Å². The van der Waals surface area contributed by atoms with Gasteiger partial charge in [-0.2, -0.15) is 0 Å². The second-order valence-corrected chi connectivity index (χ2v) is 5.72. The van der Waals surface area contributed by atoms with Gasteiger partial charge >= 0.3 is 5.97 Å². The number of carbonyl (C=O) groups is 2. The monoisotopic (exact) mass is 272 g/mol. The first-order valence-electron chi connectivity index (χ1n) is 6.53. The summed E-state index contributed by atoms with van der Waals surface area (Å²) in [5, 5.41) is 2.74. The molecule has 110 valence electrons. The van der Waals surface area contributed by atoms with Crippen LogP contribution < -0.4 is 11.1 Å². The van der Waals surface area contributed by atoms with Crippen LogP contribution in [0, 0.1) is 11.3 Å². The highest BCUT2D eigenvalue weighted by atomic mass is 16.5. The van der Waals surface area contributed by atoms with Crippen molar-refractivity contribution in [2.45, 2.75) is 39.3 Å². The molecule has 1 fully saturated rings. The molecule has 3 atom stereocenters. The van der Waals surface area contributed by atoms with E-state index in [0.29, 0.717) is 13.0 Å². The van der Waals surface area contributed by atoms with Crippen LogP contribution in [0.3, 0.4) is 0 Å². The first kappa shape index (κ1) is 15.9. The Morgan fingerprint density at radius 2 is 2.16 bits per heavy atom. The van der Waals surface area contributed by atoms with E-state index in [1.165, 1.54) is 7.11 Å². The normalized spacial score (nSPS) is 28.2. The number of carbonyl (C=O) groups excluding carboxylic acids is 2. The summed E-state index contributed by atoms with van der Waals surface area (Å²) in [5.41, 5.74) is 5.11. The number of nitrogens with one attached hydrogen (secondary N) is 1. The van der Waals surface area contributed by atoms with Gasteiger partial charge in [-0.1, -0.05) is 13.8 Å². The van der Waals surface area contributed by atoms with Crippen molar-refractivity contribution in [2.24, 2.45) is 17.1 Å². The van der Waals surface area contributed by atoms with Gasteiger partial charge < -0.3 is 20.5 Å². The van der Waals surface area contributed by atoms with E-state index in [4.69, 9.17) is 15.2 Å². The standard InChI is InChI=1S/C13H24N2O4/c1-8(2)5-9(11(16)18-4)15-12(17)13(3)7-19-6-10(13)14/h8-10H,5-7,14H2,1-4H3,(H,15,17)/t9-,10?,13?/m0/s1. The minimum Gasteiger partial charge on any atom is -0.467 e. The van der Waals surface area contributed by atoms with Gasteiger partial charge in [-0.25, -0.2) is 4.79 Å². The largest absolute Gasteiger partial charge is 0.467 e. The maximum absolute atomic E-state index is 12.3. The molecule has 0 radical (unpaired) electrons. The lowest BCUT2D eigenvalue weighted by molar-refractivity contribution is -0.147. The van der Waals surface area contributed by atoms with E-state index in [-0.39, 0.29) is 24.5 Å². The molecule has 0 saturated carbocycles. The number of hydrogen-bond acceptors (Lipinski definition) is 5. The summed E-state index contributed by atoms with van der Waals surface area (Å²) < 4.78 is 9.96. The second kappa shape index (κ2) is 6.34. The topological polar surface area (TPSA) is 90.6 Å². The summed E-state index contributed by atoms with van der Waals surface area (Å²) in [7, 11) is 1.31. The van der Waals surface area contributed by atoms with E-state index in [0.717, 1.165) is 0 Å². The van der Waals surface area contributed by atoms with Gasteiger partial charge in [-0.3, -0.25) is 4.79 Å². The molecule has 0 aromatic rings. The predicted octanol–water partition coefficient (Wildman–Crippen LogP) is 0.0541. The van der Waals surface area contributed by atoms with Gasteiger partial charge in [0.1, 0.15) is 6.04 Å². The van der Waals surface area contributed by atoms with Crippen LogP contribution in [-0.2, 0) is 19.1 Å². The van der Waals surface area contributed by atoms with Crippen molar-refractivity contribution >= 4 is 11.9 Å². The third-order valence-corrected chi connectivity index (χ3v) is 3.53. The van der Waals surface area contributed by atoms with Crippen LogP contribution in [0.25, 0.3) is 0 Å². The van der Waals surface area contributed by atoms with Crippen LogP contribution in [-0.4, -0.2) is 44.3 Å². The third kappa shape index (κ3) is 3.67. The first-order chi connectivity index (χ1) is 8.81. The Balaban J connectivity index is 2.73. The molecule has 6 heteroatoms. The fraction of sp³-hybridized carbons (Fsp3) is 0.846. The molecule has 3 N–H and O–H groups in total. The molecule has 19 heavy (non-hydrogen) atoms. The molecular formula is C13H24N2O4. The smallest absolute Gasteiger partial charge is 0.328 e. The van der Waals surface area contributed by atoms with Crippen molar-refractivity contribution in [3.05, 3.63) is 0 Å². The summed E-state index contributed by atoms with van der Waals surface area (Å²) in [6.45, 7) is 6.35. The molecule has 1 rings (SSSR count). The highest BCUT2D eigenvalue weighted by molar-refractivity contribution is 5.88. The van der Waals surface area contributed by atoms with Crippen molar-refractivity contribution < 1.29 is 19.1 Å². The molecule has 2 unspecified atom stereocenters. The van der Waals surface area contributed by atoms with Gasteiger partial charge in [0.05, 0.1) is 25.7 Å². The zero-order chi connectivity index (χ0) is 14.6. The quantitative estimate of drug-likeness (QED) is 0.690. The highest BCUT2D eigenvalue weighted by Gasteiger charge is 2.45. The zero-order valence-corrected chi connectivity index (χ0v) is 12.1. The molecule has 1 aliphatic heterocycles. The van der Waals surface area contributed by atoms with E-state index in [1.54, 1.807) is 6.92 Å². The molecule has 1 amide bonds. The molecule has 6 nitrogen and oxygen atoms in total. The first-order valence-corrected chi connectivity index (χ1v) is 6.53. The molecule has 1 aliphatic rings. The average molecular weight is 272 g/mol. The fourth-order valence-electron chi connectivity index (χ4n) is 2.07. The van der Waals surface area contributed by atoms with Crippen LogP contribution in [0.2, 0.25) is 0 Å². The zero-order valence-electron chi connectivity index (χ0n) is 12.1. The lowest BCUT2D eigenvalue weighted by Crippen LogP contribution is -2.54. The minimum atomic E-state index is -0.788. The number of esters is 1. The van der Waals surface area contributed by atoms with Crippen LogP contribution in [0.5, 0.6) is 0 Å². The number of rotatable bonds is 5. The Morgan fingerprint density at radius 3 is 2.58 bits per heavy atom. The van der Waals surface area contributed by atoms with Crippen LogP contribution in [0.15, 0.2) is 0 Å². The number of amides is 1. The molecule has 0 bridgehead atoms. The van der Waals surface area contributed by atoms with Crippen LogP contribution >= 0.6 is 0 Å². The van der Waals surface area contributed by atoms with Crippen molar-refractivity contribution in [3.8, 4) is 0 Å². The Morgan fingerprint density at radius 1 is 1.53 bits per heavy atom. The Labute approximate surface area is 114 Å². The van der Waals surface area contributed by atoms with E-state index in [2.05, 4.69) is 5.32 Å². The van der Waals surface area contributed by atoms with Crippen LogP contribution in [0.4, 0.5) is 0 Å². The van der Waals surface area contributed by atoms with Gasteiger partial charge in [0, 0.05) is 6.04 Å². The summed E-state index contributed by atoms with van der Waals surface area (Å²) >= 11 is 0. The lowest BCUT2D eigenvalue weighted by Gasteiger charge is -2.28. The van der Waals surface area contributed by atoms with Gasteiger partial charge in [0.15, 0.2) is 0 Å². The SMILES string of the molecule is COC(=O)[C@H](CC(C)C)NC(=O)C1(C)COCC1N. The maximum atomic E-state index is 12.3. The minimum absolute atomic E-state index is 0.256.